The van der Waals surface area contributed by atoms with Gasteiger partial charge in [0.15, 0.2) is 0 Å². The average Bonchev–Trinajstić information content (AvgIpc) is 2.81. The predicted octanol–water partition coefficient (Wildman–Crippen LogP) is 2.36. The Morgan fingerprint density at radius 2 is 1.88 bits per heavy atom. The number of halogens is 1. The van der Waals surface area contributed by atoms with Gasteiger partial charge in [0.2, 0.25) is 5.91 Å². The average molecular weight is 437 g/mol. The van der Waals surface area contributed by atoms with Crippen molar-refractivity contribution in [1.29, 1.82) is 0 Å². The fourth-order valence-electron chi connectivity index (χ4n) is 3.79. The predicted molar refractivity (Wildman–Crippen MR) is 116 cm³/mol. The van der Waals surface area contributed by atoms with E-state index in [2.05, 4.69) is 15.2 Å². The van der Waals surface area contributed by atoms with Crippen molar-refractivity contribution in [1.82, 2.24) is 15.2 Å². The summed E-state index contributed by atoms with van der Waals surface area (Å²) in [6, 6.07) is 10.2. The van der Waals surface area contributed by atoms with Crippen molar-refractivity contribution in [3.05, 3.63) is 76.4 Å². The lowest BCUT2D eigenvalue weighted by molar-refractivity contribution is -0.383. The monoisotopic (exact) mass is 437 g/mol. The van der Waals surface area contributed by atoms with Crippen LogP contribution < -0.4 is 10.2 Å². The molecule has 4 rings (SSSR count). The summed E-state index contributed by atoms with van der Waals surface area (Å²) in [4.78, 5) is 43.2. The van der Waals surface area contributed by atoms with Gasteiger partial charge in [-0.2, -0.15) is 0 Å². The van der Waals surface area contributed by atoms with Crippen LogP contribution in [-0.2, 0) is 4.79 Å². The first-order chi connectivity index (χ1) is 15.4. The summed E-state index contributed by atoms with van der Waals surface area (Å²) in [6.45, 7) is 1.79. The van der Waals surface area contributed by atoms with Crippen molar-refractivity contribution in [2.75, 3.05) is 37.6 Å². The highest BCUT2D eigenvalue weighted by Crippen LogP contribution is 2.33. The zero-order chi connectivity index (χ0) is 22.7. The molecule has 2 heterocycles. The third kappa shape index (κ3) is 4.34. The van der Waals surface area contributed by atoms with E-state index >= 15 is 0 Å². The van der Waals surface area contributed by atoms with Crippen molar-refractivity contribution in [2.45, 2.75) is 0 Å². The Labute approximate surface area is 182 Å². The number of nitro groups is 1. The van der Waals surface area contributed by atoms with E-state index in [4.69, 9.17) is 0 Å². The second-order valence-electron chi connectivity index (χ2n) is 7.34. The lowest BCUT2D eigenvalue weighted by atomic mass is 10.1. The number of carbonyl (C=O) groups excluding carboxylic acids is 2. The van der Waals surface area contributed by atoms with Gasteiger partial charge in [0.05, 0.1) is 16.9 Å². The number of carbonyl (C=O) groups is 2. The number of nitrogens with zero attached hydrogens (tertiary/aromatic N) is 4. The molecule has 0 aliphatic carbocycles. The third-order valence-corrected chi connectivity index (χ3v) is 5.43. The molecule has 1 aliphatic rings. The minimum atomic E-state index is -0.519. The molecule has 9 nitrogen and oxygen atoms in total. The molecule has 3 aromatic rings. The van der Waals surface area contributed by atoms with Crippen LogP contribution in [0.15, 0.2) is 54.9 Å². The van der Waals surface area contributed by atoms with Crippen LogP contribution in [-0.4, -0.2) is 59.3 Å². The van der Waals surface area contributed by atoms with Crippen molar-refractivity contribution < 1.29 is 18.9 Å². The molecule has 1 N–H and O–H groups in total. The molecule has 0 saturated carbocycles. The first-order valence-electron chi connectivity index (χ1n) is 10.0. The maximum atomic E-state index is 13.3. The Balaban J connectivity index is 1.38. The molecule has 1 saturated heterocycles. The Morgan fingerprint density at radius 1 is 1.09 bits per heavy atom. The Morgan fingerprint density at radius 3 is 2.59 bits per heavy atom. The molecular formula is C22H20FN5O4. The highest BCUT2D eigenvalue weighted by atomic mass is 19.1. The number of hydrogen-bond donors (Lipinski definition) is 1. The van der Waals surface area contributed by atoms with E-state index in [-0.39, 0.29) is 23.7 Å². The first-order valence-corrected chi connectivity index (χ1v) is 10.0. The Bertz CT molecular complexity index is 1190. The van der Waals surface area contributed by atoms with Gasteiger partial charge in [0.1, 0.15) is 5.82 Å². The Hall–Kier alpha value is -4.08. The van der Waals surface area contributed by atoms with Crippen molar-refractivity contribution in [3.8, 4) is 0 Å². The number of amides is 2. The molecule has 32 heavy (non-hydrogen) atoms. The standard InChI is InChI=1S/C22H20FN5O4/c23-16-3-1-2-15(12-16)22(30)25-14-21(29)27-10-8-26(9-11-27)19-4-5-20(28(31)32)18-13-24-7-6-17(18)19/h1-7,12-13H,8-11,14H2,(H,25,30). The highest BCUT2D eigenvalue weighted by molar-refractivity contribution is 5.99. The number of benzene rings is 2. The third-order valence-electron chi connectivity index (χ3n) is 5.43. The summed E-state index contributed by atoms with van der Waals surface area (Å²) >= 11 is 0. The van der Waals surface area contributed by atoms with Gasteiger partial charge in [-0.15, -0.1) is 0 Å². The molecule has 1 fully saturated rings. The van der Waals surface area contributed by atoms with E-state index in [9.17, 15) is 24.1 Å². The van der Waals surface area contributed by atoms with Crippen LogP contribution in [0.3, 0.4) is 0 Å². The van der Waals surface area contributed by atoms with Crippen LogP contribution in [0.1, 0.15) is 10.4 Å². The molecule has 10 heteroatoms. The SMILES string of the molecule is O=C(NCC(=O)N1CCN(c2ccc([N+](=O)[O-])c3cnccc23)CC1)c1cccc(F)c1. The molecule has 0 atom stereocenters. The minimum Gasteiger partial charge on any atom is -0.367 e. The molecule has 0 spiro atoms. The molecule has 2 aromatic carbocycles. The van der Waals surface area contributed by atoms with Gasteiger partial charge in [0, 0.05) is 61.3 Å². The Kier molecular flexibility index (Phi) is 5.93. The molecule has 164 valence electrons. The highest BCUT2D eigenvalue weighted by Gasteiger charge is 2.24. The maximum absolute atomic E-state index is 13.3. The van der Waals surface area contributed by atoms with Crippen molar-refractivity contribution in [2.24, 2.45) is 0 Å². The zero-order valence-electron chi connectivity index (χ0n) is 17.0. The quantitative estimate of drug-likeness (QED) is 0.485. The van der Waals surface area contributed by atoms with E-state index in [1.54, 1.807) is 23.2 Å². The lowest BCUT2D eigenvalue weighted by Crippen LogP contribution is -2.51. The second-order valence-corrected chi connectivity index (χ2v) is 7.34. The number of nitro benzene ring substituents is 1. The summed E-state index contributed by atoms with van der Waals surface area (Å²) in [5.41, 5.74) is 1.00. The largest absolute Gasteiger partial charge is 0.367 e. The summed E-state index contributed by atoms with van der Waals surface area (Å²) in [5, 5.41) is 15.0. The molecule has 1 aromatic heterocycles. The number of pyridine rings is 1. The van der Waals surface area contributed by atoms with Gasteiger partial charge in [-0.1, -0.05) is 6.07 Å². The van der Waals surface area contributed by atoms with Crippen LogP contribution >= 0.6 is 0 Å². The van der Waals surface area contributed by atoms with E-state index in [0.717, 1.165) is 17.1 Å². The van der Waals surface area contributed by atoms with E-state index in [1.807, 2.05) is 0 Å². The van der Waals surface area contributed by atoms with Gasteiger partial charge in [-0.25, -0.2) is 4.39 Å². The van der Waals surface area contributed by atoms with Crippen LogP contribution in [0.4, 0.5) is 15.8 Å². The normalized spacial score (nSPS) is 13.8. The molecule has 1 aliphatic heterocycles. The maximum Gasteiger partial charge on any atom is 0.278 e. The van der Waals surface area contributed by atoms with Gasteiger partial charge in [0.25, 0.3) is 11.6 Å². The number of nitrogens with one attached hydrogen (secondary N) is 1. The fourth-order valence-corrected chi connectivity index (χ4v) is 3.79. The van der Waals surface area contributed by atoms with Crippen LogP contribution in [0.2, 0.25) is 0 Å². The second kappa shape index (κ2) is 8.96. The van der Waals surface area contributed by atoms with E-state index in [1.165, 1.54) is 30.5 Å². The fraction of sp³-hybridized carbons (Fsp3) is 0.227. The number of rotatable bonds is 5. The summed E-state index contributed by atoms with van der Waals surface area (Å²) in [6.07, 6.45) is 3.08. The minimum absolute atomic E-state index is 0.000275. The van der Waals surface area contributed by atoms with Gasteiger partial charge < -0.3 is 15.1 Å². The molecule has 0 radical (unpaired) electrons. The first kappa shape index (κ1) is 21.2. The number of anilines is 1. The molecule has 0 bridgehead atoms. The smallest absolute Gasteiger partial charge is 0.278 e. The number of aromatic nitrogens is 1. The number of piperazine rings is 1. The van der Waals surface area contributed by atoms with Crippen LogP contribution in [0.25, 0.3) is 10.8 Å². The van der Waals surface area contributed by atoms with Crippen LogP contribution in [0.5, 0.6) is 0 Å². The van der Waals surface area contributed by atoms with E-state index < -0.39 is 16.6 Å². The molecule has 0 unspecified atom stereocenters. The summed E-state index contributed by atoms with van der Waals surface area (Å²) in [7, 11) is 0. The van der Waals surface area contributed by atoms with Crippen molar-refractivity contribution in [3.63, 3.8) is 0 Å². The number of non-ortho nitro benzene ring substituents is 1. The topological polar surface area (TPSA) is 109 Å². The van der Waals surface area contributed by atoms with E-state index in [0.29, 0.717) is 31.6 Å². The van der Waals surface area contributed by atoms with Gasteiger partial charge in [-0.3, -0.25) is 24.7 Å². The summed E-state index contributed by atoms with van der Waals surface area (Å²) < 4.78 is 13.3. The van der Waals surface area contributed by atoms with Gasteiger partial charge in [-0.05, 0) is 30.3 Å². The molecule has 2 amide bonds. The lowest BCUT2D eigenvalue weighted by Gasteiger charge is -2.36. The van der Waals surface area contributed by atoms with Crippen LogP contribution in [0, 0.1) is 15.9 Å². The zero-order valence-corrected chi connectivity index (χ0v) is 17.0. The molecular weight excluding hydrogens is 417 g/mol. The summed E-state index contributed by atoms with van der Waals surface area (Å²) in [5.74, 6) is -1.26. The number of fused-ring (bicyclic) bond motifs is 1. The number of hydrogen-bond acceptors (Lipinski definition) is 6. The van der Waals surface area contributed by atoms with Gasteiger partial charge >= 0.3 is 0 Å². The van der Waals surface area contributed by atoms with Crippen molar-refractivity contribution >= 4 is 34.0 Å².